The fraction of sp³-hybridized carbons (Fsp3) is 0.111. The summed E-state index contributed by atoms with van der Waals surface area (Å²) < 4.78 is 0. The van der Waals surface area contributed by atoms with Gasteiger partial charge in [-0.1, -0.05) is 0 Å². The number of hydrogen-bond donors (Lipinski definition) is 2. The standard InChI is InChI=1S/C9H9N5O/c15-9(7-5-10-1-2-11-7)14-6-8-12-3-4-13-8/h1-5H,6H2,(H,12,13)(H,14,15). The Hall–Kier alpha value is -2.24. The zero-order chi connectivity index (χ0) is 10.5. The molecular weight excluding hydrogens is 194 g/mol. The van der Waals surface area contributed by atoms with E-state index in [1.165, 1.54) is 18.6 Å². The molecule has 0 atom stereocenters. The van der Waals surface area contributed by atoms with Gasteiger partial charge in [-0.15, -0.1) is 0 Å². The highest BCUT2D eigenvalue weighted by molar-refractivity contribution is 5.91. The molecule has 0 spiro atoms. The predicted octanol–water partition coefficient (Wildman–Crippen LogP) is 0.130. The summed E-state index contributed by atoms with van der Waals surface area (Å²) in [5, 5.41) is 2.67. The van der Waals surface area contributed by atoms with E-state index >= 15 is 0 Å². The van der Waals surface area contributed by atoms with E-state index in [1.807, 2.05) is 0 Å². The lowest BCUT2D eigenvalue weighted by atomic mass is 10.4. The highest BCUT2D eigenvalue weighted by Gasteiger charge is 2.06. The molecule has 2 aromatic heterocycles. The van der Waals surface area contributed by atoms with Gasteiger partial charge >= 0.3 is 0 Å². The number of nitrogens with one attached hydrogen (secondary N) is 2. The molecule has 0 bridgehead atoms. The fourth-order valence-corrected chi connectivity index (χ4v) is 1.07. The average molecular weight is 203 g/mol. The van der Waals surface area contributed by atoms with Gasteiger partial charge in [-0.25, -0.2) is 9.97 Å². The van der Waals surface area contributed by atoms with E-state index in [0.717, 1.165) is 0 Å². The molecule has 0 saturated heterocycles. The van der Waals surface area contributed by atoms with Gasteiger partial charge in [-0.3, -0.25) is 9.78 Å². The second-order valence-electron chi connectivity index (χ2n) is 2.81. The molecule has 2 rings (SSSR count). The van der Waals surface area contributed by atoms with Crippen LogP contribution in [0.25, 0.3) is 0 Å². The van der Waals surface area contributed by atoms with E-state index in [0.29, 0.717) is 18.1 Å². The molecule has 2 aromatic rings. The van der Waals surface area contributed by atoms with Gasteiger partial charge in [0.2, 0.25) is 0 Å². The molecule has 0 fully saturated rings. The van der Waals surface area contributed by atoms with E-state index in [1.54, 1.807) is 12.4 Å². The minimum absolute atomic E-state index is 0.264. The molecule has 0 aliphatic heterocycles. The summed E-state index contributed by atoms with van der Waals surface area (Å²) >= 11 is 0. The number of aromatic amines is 1. The van der Waals surface area contributed by atoms with Crippen molar-refractivity contribution in [2.24, 2.45) is 0 Å². The van der Waals surface area contributed by atoms with Crippen molar-refractivity contribution in [3.63, 3.8) is 0 Å². The maximum Gasteiger partial charge on any atom is 0.271 e. The van der Waals surface area contributed by atoms with Crippen molar-refractivity contribution in [1.82, 2.24) is 25.3 Å². The van der Waals surface area contributed by atoms with Crippen molar-refractivity contribution in [3.05, 3.63) is 42.5 Å². The zero-order valence-corrected chi connectivity index (χ0v) is 7.84. The number of amides is 1. The molecule has 6 heteroatoms. The minimum atomic E-state index is -0.264. The Morgan fingerprint density at radius 3 is 2.93 bits per heavy atom. The van der Waals surface area contributed by atoms with Gasteiger partial charge in [0.05, 0.1) is 12.7 Å². The zero-order valence-electron chi connectivity index (χ0n) is 7.84. The quantitative estimate of drug-likeness (QED) is 0.742. The van der Waals surface area contributed by atoms with Crippen LogP contribution in [0.1, 0.15) is 16.3 Å². The van der Waals surface area contributed by atoms with Crippen LogP contribution in [0, 0.1) is 0 Å². The third kappa shape index (κ3) is 2.37. The lowest BCUT2D eigenvalue weighted by molar-refractivity contribution is 0.0944. The summed E-state index contributed by atoms with van der Waals surface area (Å²) in [6, 6.07) is 0. The van der Waals surface area contributed by atoms with Crippen LogP contribution in [0.3, 0.4) is 0 Å². The molecule has 0 radical (unpaired) electrons. The number of H-pyrrole nitrogens is 1. The average Bonchev–Trinajstić information content (AvgIpc) is 2.80. The normalized spacial score (nSPS) is 9.87. The van der Waals surface area contributed by atoms with E-state index in [2.05, 4.69) is 25.3 Å². The van der Waals surface area contributed by atoms with Gasteiger partial charge in [0, 0.05) is 24.8 Å². The summed E-state index contributed by atoms with van der Waals surface area (Å²) in [5.41, 5.74) is 0.295. The van der Waals surface area contributed by atoms with Crippen molar-refractivity contribution < 1.29 is 4.79 Å². The van der Waals surface area contributed by atoms with Crippen LogP contribution < -0.4 is 5.32 Å². The van der Waals surface area contributed by atoms with Crippen molar-refractivity contribution >= 4 is 5.91 Å². The lowest BCUT2D eigenvalue weighted by Crippen LogP contribution is -2.24. The van der Waals surface area contributed by atoms with Gasteiger partial charge < -0.3 is 10.3 Å². The van der Waals surface area contributed by atoms with E-state index < -0.39 is 0 Å². The van der Waals surface area contributed by atoms with Gasteiger partial charge in [-0.05, 0) is 0 Å². The van der Waals surface area contributed by atoms with E-state index in [-0.39, 0.29) is 5.91 Å². The second-order valence-corrected chi connectivity index (χ2v) is 2.81. The van der Waals surface area contributed by atoms with Crippen LogP contribution in [0.2, 0.25) is 0 Å². The highest BCUT2D eigenvalue weighted by Crippen LogP contribution is 1.92. The first-order chi connectivity index (χ1) is 7.36. The monoisotopic (exact) mass is 203 g/mol. The molecule has 2 heterocycles. The van der Waals surface area contributed by atoms with Crippen molar-refractivity contribution in [2.45, 2.75) is 6.54 Å². The molecule has 2 N–H and O–H groups in total. The Bertz CT molecular complexity index is 425. The highest BCUT2D eigenvalue weighted by atomic mass is 16.1. The molecule has 0 aromatic carbocycles. The van der Waals surface area contributed by atoms with Crippen molar-refractivity contribution in [1.29, 1.82) is 0 Å². The summed E-state index contributed by atoms with van der Waals surface area (Å²) in [6.07, 6.45) is 7.73. The molecule has 0 saturated carbocycles. The first-order valence-corrected chi connectivity index (χ1v) is 4.39. The summed E-state index contributed by atoms with van der Waals surface area (Å²) in [6.45, 7) is 0.350. The Kier molecular flexibility index (Phi) is 2.68. The number of rotatable bonds is 3. The van der Waals surface area contributed by atoms with Crippen LogP contribution in [0.15, 0.2) is 31.0 Å². The topological polar surface area (TPSA) is 83.6 Å². The fourth-order valence-electron chi connectivity index (χ4n) is 1.07. The summed E-state index contributed by atoms with van der Waals surface area (Å²) in [5.74, 6) is 0.437. The molecule has 0 aliphatic rings. The smallest absolute Gasteiger partial charge is 0.271 e. The number of hydrogen-bond acceptors (Lipinski definition) is 4. The van der Waals surface area contributed by atoms with Crippen molar-refractivity contribution in [2.75, 3.05) is 0 Å². The van der Waals surface area contributed by atoms with Gasteiger partial charge in [0.1, 0.15) is 11.5 Å². The van der Waals surface area contributed by atoms with Crippen LogP contribution in [0.5, 0.6) is 0 Å². The lowest BCUT2D eigenvalue weighted by Gasteiger charge is -2.01. The Balaban J connectivity index is 1.94. The second kappa shape index (κ2) is 4.32. The van der Waals surface area contributed by atoms with E-state index in [4.69, 9.17) is 0 Å². The van der Waals surface area contributed by atoms with Gasteiger partial charge in [0.25, 0.3) is 5.91 Å². The third-order valence-electron chi connectivity index (χ3n) is 1.77. The van der Waals surface area contributed by atoms with Crippen molar-refractivity contribution in [3.8, 4) is 0 Å². The van der Waals surface area contributed by atoms with Crippen LogP contribution in [-0.2, 0) is 6.54 Å². The minimum Gasteiger partial charge on any atom is -0.347 e. The van der Waals surface area contributed by atoms with Gasteiger partial charge in [-0.2, -0.15) is 0 Å². The first kappa shape index (κ1) is 9.32. The Morgan fingerprint density at radius 2 is 2.27 bits per heavy atom. The van der Waals surface area contributed by atoms with Crippen LogP contribution in [-0.4, -0.2) is 25.8 Å². The maximum absolute atomic E-state index is 11.5. The largest absolute Gasteiger partial charge is 0.347 e. The SMILES string of the molecule is O=C(NCc1ncc[nH]1)c1cnccn1. The predicted molar refractivity (Wildman–Crippen MR) is 51.8 cm³/mol. The summed E-state index contributed by atoms with van der Waals surface area (Å²) in [4.78, 5) is 26.0. The number of nitrogens with zero attached hydrogens (tertiary/aromatic N) is 3. The molecule has 6 nitrogen and oxygen atoms in total. The number of carbonyl (C=O) groups is 1. The van der Waals surface area contributed by atoms with Crippen LogP contribution in [0.4, 0.5) is 0 Å². The summed E-state index contributed by atoms with van der Waals surface area (Å²) in [7, 11) is 0. The molecule has 76 valence electrons. The third-order valence-corrected chi connectivity index (χ3v) is 1.77. The molecular formula is C9H9N5O. The molecule has 0 unspecified atom stereocenters. The van der Waals surface area contributed by atoms with Crippen LogP contribution >= 0.6 is 0 Å². The molecule has 1 amide bonds. The van der Waals surface area contributed by atoms with Gasteiger partial charge in [0.15, 0.2) is 0 Å². The van der Waals surface area contributed by atoms with E-state index in [9.17, 15) is 4.79 Å². The molecule has 15 heavy (non-hydrogen) atoms. The number of carbonyl (C=O) groups excluding carboxylic acids is 1. The maximum atomic E-state index is 11.5. The Labute approximate surface area is 85.8 Å². The molecule has 0 aliphatic carbocycles. The number of aromatic nitrogens is 4. The first-order valence-electron chi connectivity index (χ1n) is 4.39. The Morgan fingerprint density at radius 1 is 1.33 bits per heavy atom. The number of imidazole rings is 1.